The Hall–Kier alpha value is -2.08. The van der Waals surface area contributed by atoms with Gasteiger partial charge in [0.15, 0.2) is 0 Å². The van der Waals surface area contributed by atoms with Crippen LogP contribution in [0.3, 0.4) is 0 Å². The highest BCUT2D eigenvalue weighted by Gasteiger charge is 2.14. The molecule has 2 N–H and O–H groups in total. The third-order valence-corrected chi connectivity index (χ3v) is 3.38. The van der Waals surface area contributed by atoms with E-state index in [0.29, 0.717) is 6.54 Å². The Balaban J connectivity index is 2.14. The number of nitrogens with zero attached hydrogens (tertiary/aromatic N) is 2. The van der Waals surface area contributed by atoms with Gasteiger partial charge in [-0.05, 0) is 19.1 Å². The second kappa shape index (κ2) is 5.27. The molecule has 0 unspecified atom stereocenters. The number of aromatic hydroxyl groups is 2. The summed E-state index contributed by atoms with van der Waals surface area (Å²) in [5.74, 6) is -0.556. The molecule has 0 aliphatic heterocycles. The molecule has 0 fully saturated rings. The van der Waals surface area contributed by atoms with E-state index < -0.39 is 0 Å². The lowest BCUT2D eigenvalue weighted by Crippen LogP contribution is -2.26. The van der Waals surface area contributed by atoms with Gasteiger partial charge in [-0.15, -0.1) is 11.3 Å². The summed E-state index contributed by atoms with van der Waals surface area (Å²) in [6.45, 7) is 2.29. The van der Waals surface area contributed by atoms with Crippen molar-refractivity contribution >= 4 is 17.2 Å². The van der Waals surface area contributed by atoms with E-state index in [1.54, 1.807) is 7.05 Å². The average molecular weight is 278 g/mol. The predicted molar refractivity (Wildman–Crippen MR) is 72.4 cm³/mol. The number of benzene rings is 1. The molecule has 0 saturated heterocycles. The third-order valence-electron chi connectivity index (χ3n) is 2.56. The second-order valence-corrected chi connectivity index (χ2v) is 5.32. The van der Waals surface area contributed by atoms with Gasteiger partial charge in [-0.25, -0.2) is 4.98 Å². The number of aromatic nitrogens is 1. The Kier molecular flexibility index (Phi) is 3.71. The lowest BCUT2D eigenvalue weighted by atomic mass is 10.1. The van der Waals surface area contributed by atoms with Crippen molar-refractivity contribution in [3.63, 3.8) is 0 Å². The normalized spacial score (nSPS) is 10.4. The molecule has 2 aromatic rings. The summed E-state index contributed by atoms with van der Waals surface area (Å²) in [7, 11) is 1.65. The first-order valence-corrected chi connectivity index (χ1v) is 6.53. The van der Waals surface area contributed by atoms with Gasteiger partial charge in [0, 0.05) is 24.1 Å². The van der Waals surface area contributed by atoms with Gasteiger partial charge in [-0.3, -0.25) is 4.79 Å². The molecular formula is C13H14N2O3S. The molecule has 1 aromatic carbocycles. The van der Waals surface area contributed by atoms with Crippen molar-refractivity contribution in [2.45, 2.75) is 13.5 Å². The monoisotopic (exact) mass is 278 g/mol. The summed E-state index contributed by atoms with van der Waals surface area (Å²) in [5, 5.41) is 21.6. The minimum atomic E-state index is -0.281. The number of rotatable bonds is 3. The maximum Gasteiger partial charge on any atom is 0.254 e. The first-order valence-electron chi connectivity index (χ1n) is 5.65. The maximum absolute atomic E-state index is 12.1. The maximum atomic E-state index is 12.1. The Morgan fingerprint density at radius 1 is 1.32 bits per heavy atom. The molecule has 0 atom stereocenters. The second-order valence-electron chi connectivity index (χ2n) is 4.26. The molecule has 0 spiro atoms. The van der Waals surface area contributed by atoms with Crippen molar-refractivity contribution < 1.29 is 15.0 Å². The van der Waals surface area contributed by atoms with E-state index in [-0.39, 0.29) is 23.0 Å². The summed E-state index contributed by atoms with van der Waals surface area (Å²) in [6, 6.07) is 3.83. The number of hydrogen-bond acceptors (Lipinski definition) is 5. The highest BCUT2D eigenvalue weighted by molar-refractivity contribution is 7.09. The topological polar surface area (TPSA) is 73.7 Å². The molecule has 0 aliphatic carbocycles. The van der Waals surface area contributed by atoms with Crippen LogP contribution in [0.4, 0.5) is 0 Å². The Labute approximate surface area is 114 Å². The SMILES string of the molecule is Cc1nc(CN(C)C(=O)c2cc(O)cc(O)c2)cs1. The fraction of sp³-hybridized carbons (Fsp3) is 0.231. The molecular weight excluding hydrogens is 264 g/mol. The van der Waals surface area contributed by atoms with Crippen LogP contribution in [-0.2, 0) is 6.54 Å². The Morgan fingerprint density at radius 2 is 1.95 bits per heavy atom. The number of carbonyl (C=O) groups is 1. The first-order chi connectivity index (χ1) is 8.95. The highest BCUT2D eigenvalue weighted by Crippen LogP contribution is 2.21. The number of thiazole rings is 1. The summed E-state index contributed by atoms with van der Waals surface area (Å²) in [5.41, 5.74) is 1.06. The summed E-state index contributed by atoms with van der Waals surface area (Å²) in [6.07, 6.45) is 0. The quantitative estimate of drug-likeness (QED) is 0.902. The highest BCUT2D eigenvalue weighted by atomic mass is 32.1. The molecule has 0 saturated carbocycles. The molecule has 100 valence electrons. The number of phenols is 2. The van der Waals surface area contributed by atoms with E-state index >= 15 is 0 Å². The fourth-order valence-electron chi connectivity index (χ4n) is 1.73. The van der Waals surface area contributed by atoms with Crippen LogP contribution in [0.15, 0.2) is 23.6 Å². The first kappa shape index (κ1) is 13.4. The molecule has 6 heteroatoms. The van der Waals surface area contributed by atoms with Crippen LogP contribution in [-0.4, -0.2) is 33.1 Å². The Bertz CT molecular complexity index is 589. The van der Waals surface area contributed by atoms with Gasteiger partial charge in [0.25, 0.3) is 5.91 Å². The molecule has 0 bridgehead atoms. The van der Waals surface area contributed by atoms with Crippen molar-refractivity contribution in [1.29, 1.82) is 0 Å². The third kappa shape index (κ3) is 3.23. The van der Waals surface area contributed by atoms with E-state index in [4.69, 9.17) is 0 Å². The van der Waals surface area contributed by atoms with Gasteiger partial charge in [-0.2, -0.15) is 0 Å². The zero-order valence-corrected chi connectivity index (χ0v) is 11.4. The average Bonchev–Trinajstić information content (AvgIpc) is 2.72. The van der Waals surface area contributed by atoms with Gasteiger partial charge < -0.3 is 15.1 Å². The lowest BCUT2D eigenvalue weighted by Gasteiger charge is -2.16. The van der Waals surface area contributed by atoms with Crippen LogP contribution < -0.4 is 0 Å². The van der Waals surface area contributed by atoms with Crippen molar-refractivity contribution in [1.82, 2.24) is 9.88 Å². The van der Waals surface area contributed by atoms with Crippen LogP contribution in [0.25, 0.3) is 0 Å². The van der Waals surface area contributed by atoms with Gasteiger partial charge in [-0.1, -0.05) is 0 Å². The molecule has 19 heavy (non-hydrogen) atoms. The predicted octanol–water partition coefficient (Wildman–Crippen LogP) is 2.13. The molecule has 2 rings (SSSR count). The minimum Gasteiger partial charge on any atom is -0.508 e. The minimum absolute atomic E-state index is 0.138. The molecule has 5 nitrogen and oxygen atoms in total. The summed E-state index contributed by atoms with van der Waals surface area (Å²) >= 11 is 1.53. The molecule has 1 aromatic heterocycles. The van der Waals surface area contributed by atoms with Crippen molar-refractivity contribution in [3.05, 3.63) is 39.8 Å². The number of carbonyl (C=O) groups excluding carboxylic acids is 1. The van der Waals surface area contributed by atoms with Gasteiger partial charge in [0.1, 0.15) is 11.5 Å². The number of phenolic OH excluding ortho intramolecular Hbond substituents is 2. The number of amides is 1. The van der Waals surface area contributed by atoms with Crippen molar-refractivity contribution in [3.8, 4) is 11.5 Å². The zero-order valence-electron chi connectivity index (χ0n) is 10.6. The largest absolute Gasteiger partial charge is 0.508 e. The van der Waals surface area contributed by atoms with Crippen LogP contribution in [0, 0.1) is 6.92 Å². The van der Waals surface area contributed by atoms with E-state index in [2.05, 4.69) is 4.98 Å². The van der Waals surface area contributed by atoms with E-state index in [9.17, 15) is 15.0 Å². The van der Waals surface area contributed by atoms with Crippen LogP contribution in [0.2, 0.25) is 0 Å². The van der Waals surface area contributed by atoms with E-state index in [1.807, 2.05) is 12.3 Å². The van der Waals surface area contributed by atoms with Crippen molar-refractivity contribution in [2.24, 2.45) is 0 Å². The molecule has 1 amide bonds. The molecule has 0 radical (unpaired) electrons. The molecule has 0 aliphatic rings. The van der Waals surface area contributed by atoms with Crippen LogP contribution in [0.5, 0.6) is 11.5 Å². The van der Waals surface area contributed by atoms with E-state index in [1.165, 1.54) is 34.4 Å². The fourth-order valence-corrected chi connectivity index (χ4v) is 2.34. The zero-order chi connectivity index (χ0) is 14.0. The van der Waals surface area contributed by atoms with Gasteiger partial charge in [0.05, 0.1) is 17.2 Å². The number of aryl methyl sites for hydroxylation is 1. The van der Waals surface area contributed by atoms with E-state index in [0.717, 1.165) is 10.7 Å². The standard InChI is InChI=1S/C13H14N2O3S/c1-8-14-10(7-19-8)6-15(2)13(18)9-3-11(16)5-12(17)4-9/h3-5,7,16-17H,6H2,1-2H3. The van der Waals surface area contributed by atoms with Crippen LogP contribution >= 0.6 is 11.3 Å². The van der Waals surface area contributed by atoms with Gasteiger partial charge in [0.2, 0.25) is 0 Å². The lowest BCUT2D eigenvalue weighted by molar-refractivity contribution is 0.0782. The molecule has 1 heterocycles. The van der Waals surface area contributed by atoms with Crippen molar-refractivity contribution in [2.75, 3.05) is 7.05 Å². The Morgan fingerprint density at radius 3 is 2.47 bits per heavy atom. The summed E-state index contributed by atoms with van der Waals surface area (Å²) in [4.78, 5) is 17.9. The van der Waals surface area contributed by atoms with Crippen LogP contribution in [0.1, 0.15) is 21.1 Å². The summed E-state index contributed by atoms with van der Waals surface area (Å²) < 4.78 is 0. The van der Waals surface area contributed by atoms with Gasteiger partial charge >= 0.3 is 0 Å². The number of hydrogen-bond donors (Lipinski definition) is 2. The smallest absolute Gasteiger partial charge is 0.254 e.